The number of rotatable bonds is 4. The molecule has 11 rings (SSSR count). The fourth-order valence-corrected chi connectivity index (χ4v) is 9.43. The van der Waals surface area contributed by atoms with Crippen LogP contribution in [0.1, 0.15) is 22.3 Å². The molecule has 53 heavy (non-hydrogen) atoms. The first-order chi connectivity index (χ1) is 26.3. The lowest BCUT2D eigenvalue weighted by Gasteiger charge is -2.34. The van der Waals surface area contributed by atoms with E-state index in [0.717, 1.165) is 0 Å². The van der Waals surface area contributed by atoms with Crippen LogP contribution >= 0.6 is 0 Å². The Morgan fingerprint density at radius 2 is 0.755 bits per heavy atom. The van der Waals surface area contributed by atoms with Crippen molar-refractivity contribution in [2.75, 3.05) is 0 Å². The highest BCUT2D eigenvalue weighted by Crippen LogP contribution is 2.57. The highest BCUT2D eigenvalue weighted by Gasteiger charge is 2.46. The summed E-state index contributed by atoms with van der Waals surface area (Å²) in [5, 5.41) is 10.2. The molecule has 0 unspecified atom stereocenters. The van der Waals surface area contributed by atoms with Crippen LogP contribution in [0.15, 0.2) is 206 Å². The van der Waals surface area contributed by atoms with Gasteiger partial charge >= 0.3 is 0 Å². The van der Waals surface area contributed by atoms with Crippen molar-refractivity contribution in [1.82, 2.24) is 0 Å². The van der Waals surface area contributed by atoms with Gasteiger partial charge in [-0.1, -0.05) is 182 Å². The largest absolute Gasteiger partial charge is 0.0713 e. The minimum Gasteiger partial charge on any atom is -0.0622 e. The molecule has 0 bridgehead atoms. The second-order valence-electron chi connectivity index (χ2n) is 14.4. The van der Waals surface area contributed by atoms with Crippen molar-refractivity contribution in [3.05, 3.63) is 229 Å². The Morgan fingerprint density at radius 1 is 0.264 bits per heavy atom. The fraction of sp³-hybridized carbons (Fsp3) is 0.0189. The van der Waals surface area contributed by atoms with Gasteiger partial charge in [0.1, 0.15) is 0 Å². The second kappa shape index (κ2) is 11.6. The highest BCUT2D eigenvalue weighted by atomic mass is 14.5. The summed E-state index contributed by atoms with van der Waals surface area (Å²) in [6.45, 7) is 0. The van der Waals surface area contributed by atoms with Crippen LogP contribution in [0, 0.1) is 0 Å². The maximum absolute atomic E-state index is 2.49. The van der Waals surface area contributed by atoms with Crippen LogP contribution in [0.3, 0.4) is 0 Å². The molecule has 1 aliphatic rings. The van der Waals surface area contributed by atoms with Crippen molar-refractivity contribution in [3.63, 3.8) is 0 Å². The van der Waals surface area contributed by atoms with Gasteiger partial charge in [-0.15, -0.1) is 0 Å². The average Bonchev–Trinajstić information content (AvgIpc) is 3.54. The van der Waals surface area contributed by atoms with E-state index in [0.29, 0.717) is 0 Å². The molecule has 0 saturated heterocycles. The number of fused-ring (bicyclic) bond motifs is 9. The van der Waals surface area contributed by atoms with E-state index in [-0.39, 0.29) is 0 Å². The summed E-state index contributed by atoms with van der Waals surface area (Å²) in [6.07, 6.45) is 0. The Morgan fingerprint density at radius 3 is 1.42 bits per heavy atom. The molecular weight excluding hydrogens is 637 g/mol. The molecule has 1 aliphatic carbocycles. The van der Waals surface area contributed by atoms with Gasteiger partial charge in [0, 0.05) is 0 Å². The topological polar surface area (TPSA) is 0 Å². The van der Waals surface area contributed by atoms with Gasteiger partial charge in [-0.05, 0) is 123 Å². The lowest BCUT2D eigenvalue weighted by Crippen LogP contribution is -2.28. The van der Waals surface area contributed by atoms with E-state index >= 15 is 0 Å². The molecule has 0 heterocycles. The molecule has 10 aromatic rings. The van der Waals surface area contributed by atoms with Crippen LogP contribution in [-0.4, -0.2) is 0 Å². The zero-order valence-corrected chi connectivity index (χ0v) is 29.1. The van der Waals surface area contributed by atoms with Gasteiger partial charge in [-0.25, -0.2) is 0 Å². The molecule has 10 aromatic carbocycles. The summed E-state index contributed by atoms with van der Waals surface area (Å²) < 4.78 is 0. The van der Waals surface area contributed by atoms with Gasteiger partial charge in [0.2, 0.25) is 0 Å². The molecule has 0 radical (unpaired) electrons. The minimum absolute atomic E-state index is 0.448. The highest BCUT2D eigenvalue weighted by molar-refractivity contribution is 6.26. The first-order valence-electron chi connectivity index (χ1n) is 18.5. The molecule has 0 N–H and O–H groups in total. The summed E-state index contributed by atoms with van der Waals surface area (Å²) in [5.41, 5.74) is 12.4. The lowest BCUT2D eigenvalue weighted by molar-refractivity contribution is 0.769. The Balaban J connectivity index is 1.21. The molecule has 0 aromatic heterocycles. The summed E-state index contributed by atoms with van der Waals surface area (Å²) in [6, 6.07) is 76.7. The van der Waals surface area contributed by atoms with E-state index in [1.54, 1.807) is 0 Å². The molecular formula is C53H34. The van der Waals surface area contributed by atoms with Crippen LogP contribution in [0.25, 0.3) is 76.5 Å². The molecule has 0 spiro atoms. The summed E-state index contributed by atoms with van der Waals surface area (Å²) in [4.78, 5) is 0. The smallest absolute Gasteiger partial charge is 0.0622 e. The van der Waals surface area contributed by atoms with E-state index in [2.05, 4.69) is 206 Å². The third-order valence-corrected chi connectivity index (χ3v) is 11.7. The van der Waals surface area contributed by atoms with E-state index in [4.69, 9.17) is 0 Å². The molecule has 0 amide bonds. The average molecular weight is 671 g/mol. The first-order valence-corrected chi connectivity index (χ1v) is 18.5. The molecule has 246 valence electrons. The Kier molecular flexibility index (Phi) is 6.57. The maximum atomic E-state index is 2.49. The second-order valence-corrected chi connectivity index (χ2v) is 14.4. The van der Waals surface area contributed by atoms with Crippen molar-refractivity contribution in [3.8, 4) is 33.4 Å². The molecule has 0 nitrogen and oxygen atoms in total. The van der Waals surface area contributed by atoms with E-state index in [9.17, 15) is 0 Å². The van der Waals surface area contributed by atoms with Gasteiger partial charge in [0.05, 0.1) is 5.41 Å². The van der Waals surface area contributed by atoms with Gasteiger partial charge in [0.15, 0.2) is 0 Å². The van der Waals surface area contributed by atoms with E-state index in [1.165, 1.54) is 98.7 Å². The summed E-state index contributed by atoms with van der Waals surface area (Å²) >= 11 is 0. The minimum atomic E-state index is -0.448. The van der Waals surface area contributed by atoms with Crippen molar-refractivity contribution in [2.45, 2.75) is 5.41 Å². The van der Waals surface area contributed by atoms with Crippen molar-refractivity contribution in [1.29, 1.82) is 0 Å². The Labute approximate surface area is 309 Å². The van der Waals surface area contributed by atoms with Gasteiger partial charge in [-0.3, -0.25) is 0 Å². The Hall–Kier alpha value is -6.76. The van der Waals surface area contributed by atoms with Gasteiger partial charge in [0.25, 0.3) is 0 Å². The SMILES string of the molecule is c1ccc(C2(c3ccccc3)c3ccccc3-c3ccc(-c4cc5cc(-c6ccc7ccccc7c6)c6ccccc6c5c5ccccc45)cc32)cc1. The van der Waals surface area contributed by atoms with Crippen LogP contribution < -0.4 is 0 Å². The third-order valence-electron chi connectivity index (χ3n) is 11.7. The van der Waals surface area contributed by atoms with Crippen LogP contribution in [0.4, 0.5) is 0 Å². The van der Waals surface area contributed by atoms with Crippen molar-refractivity contribution in [2.24, 2.45) is 0 Å². The molecule has 0 saturated carbocycles. The van der Waals surface area contributed by atoms with Crippen LogP contribution in [0.2, 0.25) is 0 Å². The monoisotopic (exact) mass is 670 g/mol. The number of hydrogen-bond acceptors (Lipinski definition) is 0. The molecule has 0 atom stereocenters. The predicted molar refractivity (Wildman–Crippen MR) is 225 cm³/mol. The number of benzene rings is 10. The maximum Gasteiger partial charge on any atom is 0.0713 e. The van der Waals surface area contributed by atoms with Crippen molar-refractivity contribution >= 4 is 43.1 Å². The summed E-state index contributed by atoms with van der Waals surface area (Å²) in [7, 11) is 0. The van der Waals surface area contributed by atoms with Gasteiger partial charge in [-0.2, -0.15) is 0 Å². The van der Waals surface area contributed by atoms with Gasteiger partial charge < -0.3 is 0 Å². The zero-order valence-electron chi connectivity index (χ0n) is 29.1. The zero-order chi connectivity index (χ0) is 34.9. The predicted octanol–water partition coefficient (Wildman–Crippen LogP) is 14.0. The summed E-state index contributed by atoms with van der Waals surface area (Å²) in [5.74, 6) is 0. The molecule has 0 aliphatic heterocycles. The molecule has 0 heteroatoms. The fourth-order valence-electron chi connectivity index (χ4n) is 9.43. The normalized spacial score (nSPS) is 13.1. The standard InChI is InChI=1S/C53H34/c1-3-17-40(18-4-1)53(41-19-5-2-6-20-41)50-26-14-13-23-44(50)45-30-29-38(34-51(45)53)49-33-39-32-48(37-28-27-35-15-7-8-16-36(35)31-37)42-21-9-11-24-46(42)52(39)47-25-12-10-22-43(47)49/h1-34H. The van der Waals surface area contributed by atoms with Crippen LogP contribution in [-0.2, 0) is 5.41 Å². The van der Waals surface area contributed by atoms with E-state index in [1.807, 2.05) is 0 Å². The number of hydrogen-bond donors (Lipinski definition) is 0. The van der Waals surface area contributed by atoms with E-state index < -0.39 is 5.41 Å². The molecule has 0 fully saturated rings. The third kappa shape index (κ3) is 4.36. The first kappa shape index (κ1) is 29.9. The Bertz CT molecular complexity index is 3000. The quantitative estimate of drug-likeness (QED) is 0.164. The van der Waals surface area contributed by atoms with Crippen LogP contribution in [0.5, 0.6) is 0 Å². The van der Waals surface area contributed by atoms with Crippen molar-refractivity contribution < 1.29 is 0 Å². The lowest BCUT2D eigenvalue weighted by atomic mass is 9.67.